The number of hydrazine groups is 1. The first-order valence-corrected chi connectivity index (χ1v) is 7.16. The second kappa shape index (κ2) is 6.42. The summed E-state index contributed by atoms with van der Waals surface area (Å²) in [4.78, 5) is 2.43. The normalized spacial score (nSPS) is 11.0. The number of benzene rings is 1. The summed E-state index contributed by atoms with van der Waals surface area (Å²) in [5.74, 6) is 0.641. The fourth-order valence-corrected chi connectivity index (χ4v) is 2.06. The second-order valence-electron chi connectivity index (χ2n) is 3.59. The molecule has 1 aromatic carbocycles. The maximum absolute atomic E-state index is 11.9. The quantitative estimate of drug-likeness (QED) is 0.741. The molecule has 0 bridgehead atoms. The monoisotopic (exact) mass is 270 g/mol. The summed E-state index contributed by atoms with van der Waals surface area (Å²) >= 11 is 0. The van der Waals surface area contributed by atoms with Crippen LogP contribution in [0, 0.1) is 0 Å². The highest BCUT2D eigenvalue weighted by molar-refractivity contribution is 7.89. The Morgan fingerprint density at radius 1 is 1.28 bits per heavy atom. The third-order valence-corrected chi connectivity index (χ3v) is 3.50. The smallest absolute Gasteiger partial charge is 0.257 e. The number of hydrogen-bond acceptors (Lipinski definition) is 4. The number of hydrogen-bond donors (Lipinski definition) is 2. The maximum Gasteiger partial charge on any atom is 0.257 e. The molecule has 0 heterocycles. The van der Waals surface area contributed by atoms with Gasteiger partial charge in [-0.3, -0.25) is 0 Å². The summed E-state index contributed by atoms with van der Waals surface area (Å²) < 4.78 is 29.0. The van der Waals surface area contributed by atoms with Crippen LogP contribution in [0.15, 0.2) is 41.4 Å². The number of allylic oxidation sites excluding steroid dienone is 1. The van der Waals surface area contributed by atoms with Crippen LogP contribution in [-0.2, 0) is 10.0 Å². The molecule has 0 spiro atoms. The van der Waals surface area contributed by atoms with Gasteiger partial charge in [-0.2, -0.15) is 0 Å². The molecule has 1 rings (SSSR count). The maximum atomic E-state index is 11.9. The largest absolute Gasteiger partial charge is 0.494 e. The molecule has 100 valence electrons. The van der Waals surface area contributed by atoms with E-state index in [9.17, 15) is 8.42 Å². The first-order chi connectivity index (χ1) is 8.49. The SMILES string of the molecule is C=C(CC)NNS(=O)(=O)c1ccc(OCC)cc1. The second-order valence-corrected chi connectivity index (χ2v) is 5.27. The van der Waals surface area contributed by atoms with E-state index in [1.54, 1.807) is 12.1 Å². The van der Waals surface area contributed by atoms with Gasteiger partial charge in [0, 0.05) is 5.70 Å². The van der Waals surface area contributed by atoms with E-state index in [-0.39, 0.29) is 4.90 Å². The summed E-state index contributed by atoms with van der Waals surface area (Å²) in [6, 6.07) is 6.22. The van der Waals surface area contributed by atoms with E-state index >= 15 is 0 Å². The first kappa shape index (κ1) is 14.5. The van der Waals surface area contributed by atoms with Gasteiger partial charge in [0.1, 0.15) is 5.75 Å². The van der Waals surface area contributed by atoms with Crippen LogP contribution in [0.3, 0.4) is 0 Å². The molecule has 0 aliphatic rings. The molecule has 0 aliphatic heterocycles. The summed E-state index contributed by atoms with van der Waals surface area (Å²) in [5, 5.41) is 0. The van der Waals surface area contributed by atoms with Crippen molar-refractivity contribution in [3.8, 4) is 5.75 Å². The Morgan fingerprint density at radius 3 is 2.39 bits per heavy atom. The zero-order valence-corrected chi connectivity index (χ0v) is 11.4. The molecule has 18 heavy (non-hydrogen) atoms. The Kier molecular flexibility index (Phi) is 5.18. The van der Waals surface area contributed by atoms with Crippen LogP contribution in [-0.4, -0.2) is 15.0 Å². The van der Waals surface area contributed by atoms with Gasteiger partial charge in [0.15, 0.2) is 0 Å². The van der Waals surface area contributed by atoms with Crippen molar-refractivity contribution in [3.05, 3.63) is 36.5 Å². The molecule has 0 fully saturated rings. The highest BCUT2D eigenvalue weighted by atomic mass is 32.2. The Bertz CT molecular complexity index is 495. The standard InChI is InChI=1S/C12H18N2O3S/c1-4-10(3)13-14-18(15,16)12-8-6-11(7-9-12)17-5-2/h6-9,13-14H,3-5H2,1-2H3. The average Bonchev–Trinajstić information content (AvgIpc) is 2.37. The van der Waals surface area contributed by atoms with Crippen LogP contribution < -0.4 is 15.0 Å². The van der Waals surface area contributed by atoms with Crippen molar-refractivity contribution in [2.24, 2.45) is 0 Å². The summed E-state index contributed by atoms with van der Waals surface area (Å²) in [5.41, 5.74) is 3.15. The Balaban J connectivity index is 2.75. The van der Waals surface area contributed by atoms with Crippen LogP contribution in [0.2, 0.25) is 0 Å². The molecule has 2 N–H and O–H groups in total. The minimum Gasteiger partial charge on any atom is -0.494 e. The van der Waals surface area contributed by atoms with E-state index in [4.69, 9.17) is 4.74 Å². The summed E-state index contributed by atoms with van der Waals surface area (Å²) in [6.45, 7) is 7.94. The highest BCUT2D eigenvalue weighted by Gasteiger charge is 2.13. The van der Waals surface area contributed by atoms with Crippen LogP contribution in [0.25, 0.3) is 0 Å². The summed E-state index contributed by atoms with van der Waals surface area (Å²) in [7, 11) is -3.57. The zero-order valence-electron chi connectivity index (χ0n) is 10.6. The van der Waals surface area contributed by atoms with Crippen molar-refractivity contribution in [1.29, 1.82) is 0 Å². The van der Waals surface area contributed by atoms with Gasteiger partial charge in [0.05, 0.1) is 11.5 Å². The molecule has 0 unspecified atom stereocenters. The average molecular weight is 270 g/mol. The predicted octanol–water partition coefficient (Wildman–Crippen LogP) is 1.79. The van der Waals surface area contributed by atoms with E-state index in [2.05, 4.69) is 16.8 Å². The highest BCUT2D eigenvalue weighted by Crippen LogP contribution is 2.15. The zero-order chi connectivity index (χ0) is 13.6. The molecular formula is C12H18N2O3S. The van der Waals surface area contributed by atoms with Crippen LogP contribution in [0.4, 0.5) is 0 Å². The van der Waals surface area contributed by atoms with Gasteiger partial charge in [0.25, 0.3) is 10.0 Å². The lowest BCUT2D eigenvalue weighted by Gasteiger charge is -2.10. The lowest BCUT2D eigenvalue weighted by atomic mass is 10.3. The van der Waals surface area contributed by atoms with Crippen molar-refractivity contribution < 1.29 is 13.2 Å². The lowest BCUT2D eigenvalue weighted by Crippen LogP contribution is -2.36. The van der Waals surface area contributed by atoms with Crippen molar-refractivity contribution in [2.45, 2.75) is 25.2 Å². The molecule has 0 saturated heterocycles. The molecule has 0 aromatic heterocycles. The van der Waals surface area contributed by atoms with Crippen LogP contribution in [0.1, 0.15) is 20.3 Å². The molecular weight excluding hydrogens is 252 g/mol. The lowest BCUT2D eigenvalue weighted by molar-refractivity contribution is 0.340. The third-order valence-electron chi connectivity index (χ3n) is 2.23. The Hall–Kier alpha value is -1.53. The fraction of sp³-hybridized carbons (Fsp3) is 0.333. The van der Waals surface area contributed by atoms with Crippen molar-refractivity contribution in [1.82, 2.24) is 10.3 Å². The third kappa shape index (κ3) is 4.05. The molecule has 0 amide bonds. The van der Waals surface area contributed by atoms with Gasteiger partial charge < -0.3 is 10.2 Å². The summed E-state index contributed by atoms with van der Waals surface area (Å²) in [6.07, 6.45) is 0.645. The number of ether oxygens (including phenoxy) is 1. The van der Waals surface area contributed by atoms with Crippen molar-refractivity contribution in [2.75, 3.05) is 6.61 Å². The fourth-order valence-electron chi connectivity index (χ4n) is 1.17. The van der Waals surface area contributed by atoms with Gasteiger partial charge in [-0.1, -0.05) is 13.5 Å². The number of rotatable bonds is 7. The molecule has 0 radical (unpaired) electrons. The van der Waals surface area contributed by atoms with Gasteiger partial charge in [0.2, 0.25) is 0 Å². The number of sulfonamides is 1. The molecule has 0 saturated carbocycles. The minimum absolute atomic E-state index is 0.169. The minimum atomic E-state index is -3.57. The van der Waals surface area contributed by atoms with Gasteiger partial charge >= 0.3 is 0 Å². The molecule has 5 nitrogen and oxygen atoms in total. The van der Waals surface area contributed by atoms with Crippen molar-refractivity contribution in [3.63, 3.8) is 0 Å². The van der Waals surface area contributed by atoms with E-state index in [1.165, 1.54) is 12.1 Å². The van der Waals surface area contributed by atoms with E-state index in [0.717, 1.165) is 0 Å². The van der Waals surface area contributed by atoms with E-state index < -0.39 is 10.0 Å². The molecule has 0 atom stereocenters. The van der Waals surface area contributed by atoms with Gasteiger partial charge in [-0.05, 0) is 37.6 Å². The topological polar surface area (TPSA) is 67.4 Å². The molecule has 0 aliphatic carbocycles. The molecule has 6 heteroatoms. The first-order valence-electron chi connectivity index (χ1n) is 5.68. The van der Waals surface area contributed by atoms with Crippen LogP contribution in [0.5, 0.6) is 5.75 Å². The Labute approximate surface area is 108 Å². The number of nitrogens with one attached hydrogen (secondary N) is 2. The molecule has 1 aromatic rings. The van der Waals surface area contributed by atoms with Gasteiger partial charge in [-0.25, -0.2) is 8.42 Å². The van der Waals surface area contributed by atoms with E-state index in [0.29, 0.717) is 24.5 Å². The predicted molar refractivity (Wildman–Crippen MR) is 70.5 cm³/mol. The van der Waals surface area contributed by atoms with Crippen LogP contribution >= 0.6 is 0 Å². The van der Waals surface area contributed by atoms with Crippen molar-refractivity contribution >= 4 is 10.0 Å². The van der Waals surface area contributed by atoms with Gasteiger partial charge in [-0.15, -0.1) is 4.83 Å². The Morgan fingerprint density at radius 2 is 1.89 bits per heavy atom. The van der Waals surface area contributed by atoms with E-state index in [1.807, 2.05) is 13.8 Å².